The van der Waals surface area contributed by atoms with E-state index in [0.717, 1.165) is 0 Å². The average molecular weight is 299 g/mol. The van der Waals surface area contributed by atoms with Crippen LogP contribution in [0.25, 0.3) is 0 Å². The van der Waals surface area contributed by atoms with Crippen molar-refractivity contribution in [3.05, 3.63) is 60.8 Å². The molecule has 0 radical (unpaired) electrons. The molecule has 0 heterocycles. The summed E-state index contributed by atoms with van der Waals surface area (Å²) in [5.41, 5.74) is 0. The van der Waals surface area contributed by atoms with Crippen molar-refractivity contribution in [3.8, 4) is 0 Å². The molecule has 0 heteroatoms. The van der Waals surface area contributed by atoms with E-state index >= 15 is 0 Å². The van der Waals surface area contributed by atoms with E-state index in [2.05, 4.69) is 60.8 Å². The number of allylic oxidation sites excluding steroid dienone is 10. The number of hydrogen-bond donors (Lipinski definition) is 0. The van der Waals surface area contributed by atoms with Gasteiger partial charge in [0.25, 0.3) is 0 Å². The molecule has 0 spiro atoms. The molecule has 0 nitrogen and oxygen atoms in total. The van der Waals surface area contributed by atoms with Crippen LogP contribution in [0.15, 0.2) is 60.8 Å². The van der Waals surface area contributed by atoms with E-state index in [9.17, 15) is 0 Å². The molecule has 0 aromatic rings. The van der Waals surface area contributed by atoms with Crippen molar-refractivity contribution in [2.24, 2.45) is 0 Å². The second kappa shape index (κ2) is 16.1. The van der Waals surface area contributed by atoms with Gasteiger partial charge in [-0.3, -0.25) is 0 Å². The van der Waals surface area contributed by atoms with Crippen LogP contribution in [0, 0.1) is 0 Å². The van der Waals surface area contributed by atoms with Crippen LogP contribution in [0.2, 0.25) is 0 Å². The van der Waals surface area contributed by atoms with E-state index in [4.69, 9.17) is 0 Å². The van der Waals surface area contributed by atoms with Gasteiger partial charge >= 0.3 is 0 Å². The Morgan fingerprint density at radius 1 is 0.273 bits per heavy atom. The first-order chi connectivity index (χ1) is 11.0. The molecule has 0 fully saturated rings. The fraction of sp³-hybridized carbons (Fsp3) is 0.545. The molecule has 0 atom stereocenters. The van der Waals surface area contributed by atoms with Gasteiger partial charge in [0, 0.05) is 0 Å². The first-order valence-corrected chi connectivity index (χ1v) is 9.32. The third-order valence-corrected chi connectivity index (χ3v) is 4.04. The summed E-state index contributed by atoms with van der Waals surface area (Å²) < 4.78 is 0. The highest BCUT2D eigenvalue weighted by Gasteiger charge is 1.92. The van der Waals surface area contributed by atoms with Gasteiger partial charge in [-0.25, -0.2) is 0 Å². The number of rotatable bonds is 0. The third-order valence-electron chi connectivity index (χ3n) is 4.04. The van der Waals surface area contributed by atoms with E-state index in [1.54, 1.807) is 0 Å². The minimum atomic E-state index is 1.22. The van der Waals surface area contributed by atoms with Gasteiger partial charge < -0.3 is 0 Å². The summed E-state index contributed by atoms with van der Waals surface area (Å²) in [5.74, 6) is 0. The molecule has 122 valence electrons. The maximum absolute atomic E-state index is 2.29. The molecule has 0 aromatic heterocycles. The van der Waals surface area contributed by atoms with Crippen molar-refractivity contribution in [2.75, 3.05) is 0 Å². The van der Waals surface area contributed by atoms with Crippen molar-refractivity contribution >= 4 is 0 Å². The predicted molar refractivity (Wildman–Crippen MR) is 101 cm³/mol. The van der Waals surface area contributed by atoms with Crippen LogP contribution in [0.3, 0.4) is 0 Å². The molecule has 0 amide bonds. The summed E-state index contributed by atoms with van der Waals surface area (Å²) in [6, 6.07) is 0. The molecular formula is C22H34. The topological polar surface area (TPSA) is 0 Å². The minimum absolute atomic E-state index is 1.22. The lowest BCUT2D eigenvalue weighted by atomic mass is 10.0. The van der Waals surface area contributed by atoms with E-state index in [0.29, 0.717) is 0 Å². The van der Waals surface area contributed by atoms with Crippen LogP contribution in [0.5, 0.6) is 0 Å². The zero-order valence-corrected chi connectivity index (χ0v) is 14.3. The molecule has 0 unspecified atom stereocenters. The van der Waals surface area contributed by atoms with Crippen LogP contribution in [0.4, 0.5) is 0 Å². The van der Waals surface area contributed by atoms with Crippen molar-refractivity contribution in [1.82, 2.24) is 0 Å². The Morgan fingerprint density at radius 2 is 0.545 bits per heavy atom. The Balaban J connectivity index is 2.28. The largest absolute Gasteiger partial charge is 0.0845 e. The van der Waals surface area contributed by atoms with Crippen LogP contribution in [-0.2, 0) is 0 Å². The van der Waals surface area contributed by atoms with Crippen LogP contribution < -0.4 is 0 Å². The van der Waals surface area contributed by atoms with Crippen LogP contribution in [0.1, 0.15) is 77.0 Å². The molecular weight excluding hydrogens is 264 g/mol. The molecule has 1 rings (SSSR count). The summed E-state index contributed by atoms with van der Waals surface area (Å²) in [6.07, 6.45) is 38.0. The van der Waals surface area contributed by atoms with Gasteiger partial charge in [0.1, 0.15) is 0 Å². The maximum atomic E-state index is 2.29. The van der Waals surface area contributed by atoms with Crippen LogP contribution in [-0.4, -0.2) is 0 Å². The fourth-order valence-electron chi connectivity index (χ4n) is 2.67. The monoisotopic (exact) mass is 298 g/mol. The zero-order valence-electron chi connectivity index (χ0n) is 14.3. The normalized spacial score (nSPS) is 26.2. The molecule has 0 aromatic carbocycles. The van der Waals surface area contributed by atoms with Gasteiger partial charge in [0.05, 0.1) is 0 Å². The molecule has 0 aliphatic heterocycles. The fourth-order valence-corrected chi connectivity index (χ4v) is 2.67. The standard InChI is InChI=1S/C22H34/c1-2-4-6-8-10-12-14-16-18-20-22-21-19-17-15-13-11-9-7-5-3-1/h1-10H,11-22H2/b2-1-,5-3+,6-4+,9-7+,10-8?. The summed E-state index contributed by atoms with van der Waals surface area (Å²) in [5, 5.41) is 0. The van der Waals surface area contributed by atoms with E-state index < -0.39 is 0 Å². The van der Waals surface area contributed by atoms with Crippen molar-refractivity contribution in [2.45, 2.75) is 77.0 Å². The van der Waals surface area contributed by atoms with Crippen molar-refractivity contribution in [3.63, 3.8) is 0 Å². The Hall–Kier alpha value is -1.30. The predicted octanol–water partition coefficient (Wildman–Crippen LogP) is 7.46. The second-order valence-corrected chi connectivity index (χ2v) is 6.12. The van der Waals surface area contributed by atoms with Gasteiger partial charge in [0.2, 0.25) is 0 Å². The number of hydrogen-bond acceptors (Lipinski definition) is 0. The van der Waals surface area contributed by atoms with Crippen molar-refractivity contribution < 1.29 is 0 Å². The quantitative estimate of drug-likeness (QED) is 0.435. The molecule has 0 bridgehead atoms. The highest BCUT2D eigenvalue weighted by molar-refractivity contribution is 5.17. The highest BCUT2D eigenvalue weighted by atomic mass is 14.0. The van der Waals surface area contributed by atoms with Crippen LogP contribution >= 0.6 is 0 Å². The Kier molecular flexibility index (Phi) is 13.7. The maximum Gasteiger partial charge on any atom is -0.0348 e. The summed E-state index contributed by atoms with van der Waals surface area (Å²) >= 11 is 0. The summed E-state index contributed by atoms with van der Waals surface area (Å²) in [4.78, 5) is 0. The second-order valence-electron chi connectivity index (χ2n) is 6.12. The molecule has 0 N–H and O–H groups in total. The van der Waals surface area contributed by atoms with E-state index in [1.165, 1.54) is 77.0 Å². The lowest BCUT2D eigenvalue weighted by Crippen LogP contribution is -1.82. The van der Waals surface area contributed by atoms with E-state index in [1.807, 2.05) is 0 Å². The highest BCUT2D eigenvalue weighted by Crippen LogP contribution is 2.12. The first-order valence-electron chi connectivity index (χ1n) is 9.32. The Labute approximate surface area is 138 Å². The first kappa shape index (κ1) is 18.7. The smallest absolute Gasteiger partial charge is 0.0348 e. The molecule has 22 heavy (non-hydrogen) atoms. The lowest BCUT2D eigenvalue weighted by Gasteiger charge is -2.01. The summed E-state index contributed by atoms with van der Waals surface area (Å²) in [6.45, 7) is 0. The van der Waals surface area contributed by atoms with Gasteiger partial charge in [-0.05, 0) is 25.7 Å². The molecule has 0 saturated carbocycles. The summed E-state index contributed by atoms with van der Waals surface area (Å²) in [7, 11) is 0. The van der Waals surface area contributed by atoms with E-state index in [-0.39, 0.29) is 0 Å². The molecule has 1 aliphatic carbocycles. The minimum Gasteiger partial charge on any atom is -0.0845 e. The third kappa shape index (κ3) is 13.7. The average Bonchev–Trinajstić information content (AvgIpc) is 2.53. The van der Waals surface area contributed by atoms with Gasteiger partial charge in [-0.1, -0.05) is 112 Å². The Bertz CT molecular complexity index is 329. The molecule has 0 saturated heterocycles. The zero-order chi connectivity index (χ0) is 15.6. The lowest BCUT2D eigenvalue weighted by molar-refractivity contribution is 0.553. The molecule has 1 aliphatic rings. The van der Waals surface area contributed by atoms with Crippen molar-refractivity contribution in [1.29, 1.82) is 0 Å². The SMILES string of the molecule is C1=CCCCCCCCCCCCC/C=C/C=C/C=C\C=C\1. The Morgan fingerprint density at radius 3 is 0.909 bits per heavy atom. The van der Waals surface area contributed by atoms with Gasteiger partial charge in [0.15, 0.2) is 0 Å². The van der Waals surface area contributed by atoms with Gasteiger partial charge in [-0.15, -0.1) is 0 Å². The van der Waals surface area contributed by atoms with Gasteiger partial charge in [-0.2, -0.15) is 0 Å².